The third-order valence-electron chi connectivity index (χ3n) is 11.3. The third kappa shape index (κ3) is 27.5. The van der Waals surface area contributed by atoms with Gasteiger partial charge in [-0.2, -0.15) is 0 Å². The summed E-state index contributed by atoms with van der Waals surface area (Å²) in [5.74, 6) is -0.605. The summed E-state index contributed by atoms with van der Waals surface area (Å²) in [5.41, 5.74) is 0. The van der Waals surface area contributed by atoms with Crippen LogP contribution in [0.1, 0.15) is 194 Å². The van der Waals surface area contributed by atoms with E-state index in [0.29, 0.717) is 12.8 Å². The van der Waals surface area contributed by atoms with Crippen LogP contribution in [0.3, 0.4) is 0 Å². The van der Waals surface area contributed by atoms with E-state index in [1.165, 1.54) is 122 Å². The summed E-state index contributed by atoms with van der Waals surface area (Å²) >= 11 is 0. The second-order valence-electron chi connectivity index (χ2n) is 16.8. The van der Waals surface area contributed by atoms with E-state index < -0.39 is 75.2 Å². The summed E-state index contributed by atoms with van der Waals surface area (Å²) < 4.78 is 22.8. The summed E-state index contributed by atoms with van der Waals surface area (Å²) in [6.45, 7) is 3.69. The lowest BCUT2D eigenvalue weighted by Gasteiger charge is -2.41. The highest BCUT2D eigenvalue weighted by molar-refractivity contribution is 7.47. The number of phosphoric acid groups is 1. The smallest absolute Gasteiger partial charge is 0.393 e. The molecule has 0 aromatic carbocycles. The van der Waals surface area contributed by atoms with E-state index in [-0.39, 0.29) is 6.42 Å². The number of carbonyl (C=O) groups is 1. The molecule has 348 valence electrons. The molecule has 0 saturated heterocycles. The van der Waals surface area contributed by atoms with Crippen LogP contribution in [0.4, 0.5) is 0 Å². The second-order valence-corrected chi connectivity index (χ2v) is 18.2. The Kier molecular flexibility index (Phi) is 33.3. The van der Waals surface area contributed by atoms with Gasteiger partial charge in [-0.15, -0.1) is 0 Å². The normalized spacial score (nSPS) is 23.8. The van der Waals surface area contributed by atoms with Gasteiger partial charge < -0.3 is 46.0 Å². The van der Waals surface area contributed by atoms with Crippen molar-refractivity contribution in [3.05, 3.63) is 24.3 Å². The Hall–Kier alpha value is -1.22. The van der Waals surface area contributed by atoms with Crippen molar-refractivity contribution in [3.8, 4) is 0 Å². The van der Waals surface area contributed by atoms with Gasteiger partial charge in [0.15, 0.2) is 0 Å². The number of unbranched alkanes of at least 4 members (excludes halogenated alkanes) is 23. The molecular weight excluding hydrogens is 777 g/mol. The average Bonchev–Trinajstić information content (AvgIpc) is 3.21. The molecule has 8 atom stereocenters. The highest BCUT2D eigenvalue weighted by atomic mass is 31.2. The predicted octanol–water partition coefficient (Wildman–Crippen LogP) is 7.59. The molecule has 1 amide bonds. The molecule has 13 nitrogen and oxygen atoms in total. The monoisotopic (exact) mass is 864 g/mol. The highest BCUT2D eigenvalue weighted by Crippen LogP contribution is 2.47. The van der Waals surface area contributed by atoms with E-state index in [4.69, 9.17) is 9.05 Å². The van der Waals surface area contributed by atoms with Gasteiger partial charge in [0, 0.05) is 0 Å². The molecular formula is C45H86NO12P. The van der Waals surface area contributed by atoms with E-state index in [1.807, 2.05) is 0 Å². The molecule has 0 aromatic heterocycles. The maximum absolute atomic E-state index is 12.9. The lowest BCUT2D eigenvalue weighted by atomic mass is 9.85. The fraction of sp³-hybridized carbons (Fsp3) is 0.889. The molecule has 14 heteroatoms. The van der Waals surface area contributed by atoms with Crippen LogP contribution >= 0.6 is 7.82 Å². The fourth-order valence-corrected chi connectivity index (χ4v) is 8.40. The van der Waals surface area contributed by atoms with Gasteiger partial charge in [0.05, 0.1) is 31.3 Å². The van der Waals surface area contributed by atoms with E-state index in [0.717, 1.165) is 44.9 Å². The SMILES string of the molecule is CCCCCCCCCCCCCCCCC/C=C/CC/C=C/C(O)C(COP(=O)(O)OC1C(O)C(O)C(O)C(O)C1O)NC(=O)CC(O)CCCCCCCCCC. The summed E-state index contributed by atoms with van der Waals surface area (Å²) in [4.78, 5) is 23.3. The van der Waals surface area contributed by atoms with Crippen molar-refractivity contribution in [2.45, 2.75) is 249 Å². The first-order valence-corrected chi connectivity index (χ1v) is 24.9. The Morgan fingerprint density at radius 3 is 1.49 bits per heavy atom. The van der Waals surface area contributed by atoms with Crippen LogP contribution in [0.25, 0.3) is 0 Å². The van der Waals surface area contributed by atoms with Gasteiger partial charge >= 0.3 is 7.82 Å². The number of aliphatic hydroxyl groups excluding tert-OH is 7. The summed E-state index contributed by atoms with van der Waals surface area (Å²) in [6.07, 6.45) is 24.4. The van der Waals surface area contributed by atoms with Crippen molar-refractivity contribution in [2.75, 3.05) is 6.61 Å². The quantitative estimate of drug-likeness (QED) is 0.0166. The Morgan fingerprint density at radius 1 is 0.593 bits per heavy atom. The van der Waals surface area contributed by atoms with Crippen molar-refractivity contribution in [2.24, 2.45) is 0 Å². The fourth-order valence-electron chi connectivity index (χ4n) is 7.43. The molecule has 0 bridgehead atoms. The molecule has 8 unspecified atom stereocenters. The number of aliphatic hydroxyl groups is 7. The van der Waals surface area contributed by atoms with Crippen LogP contribution in [0.2, 0.25) is 0 Å². The zero-order valence-electron chi connectivity index (χ0n) is 36.7. The van der Waals surface area contributed by atoms with Gasteiger partial charge in [-0.1, -0.05) is 179 Å². The number of rotatable bonds is 38. The third-order valence-corrected chi connectivity index (χ3v) is 12.3. The van der Waals surface area contributed by atoms with Crippen molar-refractivity contribution in [1.82, 2.24) is 5.32 Å². The van der Waals surface area contributed by atoms with E-state index in [2.05, 4.69) is 31.3 Å². The standard InChI is InChI=1S/C45H86NO12P/c1-3-5-7-9-11-13-14-15-16-17-18-19-20-21-22-23-24-25-27-29-31-33-38(48)37(46-39(49)34-36(47)32-30-28-26-12-10-8-6-4-2)35-57-59(55,56)58-45-43(53)41(51)40(50)42(52)44(45)54/h24-25,31,33,36-38,40-45,47-48,50-54H,3-23,26-30,32,34-35H2,1-2H3,(H,46,49)(H,55,56)/b25-24+,33-31+. The first-order chi connectivity index (χ1) is 28.3. The molecule has 59 heavy (non-hydrogen) atoms. The maximum atomic E-state index is 12.9. The van der Waals surface area contributed by atoms with E-state index in [1.54, 1.807) is 6.08 Å². The Morgan fingerprint density at radius 2 is 1.00 bits per heavy atom. The summed E-state index contributed by atoms with van der Waals surface area (Å²) in [5, 5.41) is 74.2. The minimum absolute atomic E-state index is 0.251. The number of phosphoric ester groups is 1. The molecule has 0 spiro atoms. The predicted molar refractivity (Wildman–Crippen MR) is 234 cm³/mol. The number of carbonyl (C=O) groups excluding carboxylic acids is 1. The maximum Gasteiger partial charge on any atom is 0.472 e. The Labute approximate surface area is 356 Å². The molecule has 1 aliphatic carbocycles. The molecule has 9 N–H and O–H groups in total. The molecule has 1 fully saturated rings. The molecule has 0 radical (unpaired) electrons. The zero-order chi connectivity index (χ0) is 43.7. The lowest BCUT2D eigenvalue weighted by Crippen LogP contribution is -2.64. The highest BCUT2D eigenvalue weighted by Gasteiger charge is 2.51. The minimum atomic E-state index is -5.14. The average molecular weight is 864 g/mol. The molecule has 1 saturated carbocycles. The first-order valence-electron chi connectivity index (χ1n) is 23.4. The zero-order valence-corrected chi connectivity index (χ0v) is 37.6. The van der Waals surface area contributed by atoms with Crippen LogP contribution < -0.4 is 5.32 Å². The molecule has 0 aromatic rings. The number of allylic oxidation sites excluding steroid dienone is 3. The van der Waals surface area contributed by atoms with E-state index >= 15 is 0 Å². The summed E-state index contributed by atoms with van der Waals surface area (Å²) in [6, 6.07) is -1.25. The van der Waals surface area contributed by atoms with Crippen LogP contribution in [0, 0.1) is 0 Å². The summed E-state index contributed by atoms with van der Waals surface area (Å²) in [7, 11) is -5.14. The molecule has 0 aliphatic heterocycles. The van der Waals surface area contributed by atoms with Crippen molar-refractivity contribution < 1.29 is 59.0 Å². The minimum Gasteiger partial charge on any atom is -0.393 e. The van der Waals surface area contributed by atoms with Gasteiger partial charge in [0.25, 0.3) is 0 Å². The lowest BCUT2D eigenvalue weighted by molar-refractivity contribution is -0.220. The molecule has 1 rings (SSSR count). The number of hydrogen-bond acceptors (Lipinski definition) is 11. The van der Waals surface area contributed by atoms with Crippen molar-refractivity contribution in [1.29, 1.82) is 0 Å². The molecule has 1 aliphatic rings. The number of hydrogen-bond donors (Lipinski definition) is 9. The van der Waals surface area contributed by atoms with Gasteiger partial charge in [0.1, 0.15) is 36.6 Å². The molecule has 0 heterocycles. The Balaban J connectivity index is 2.52. The van der Waals surface area contributed by atoms with Gasteiger partial charge in [-0.3, -0.25) is 13.8 Å². The second kappa shape index (κ2) is 35.3. The number of amides is 1. The van der Waals surface area contributed by atoms with Gasteiger partial charge in [-0.25, -0.2) is 4.57 Å². The first kappa shape index (κ1) is 55.8. The van der Waals surface area contributed by atoms with Crippen LogP contribution in [-0.4, -0.2) is 108 Å². The van der Waals surface area contributed by atoms with Crippen LogP contribution in [-0.2, 0) is 18.4 Å². The van der Waals surface area contributed by atoms with Crippen LogP contribution in [0.15, 0.2) is 24.3 Å². The topological polar surface area (TPSA) is 226 Å². The largest absolute Gasteiger partial charge is 0.472 e. The van der Waals surface area contributed by atoms with E-state index in [9.17, 15) is 50.0 Å². The van der Waals surface area contributed by atoms with Crippen LogP contribution in [0.5, 0.6) is 0 Å². The van der Waals surface area contributed by atoms with Gasteiger partial charge in [-0.05, 0) is 32.1 Å². The van der Waals surface area contributed by atoms with Crippen molar-refractivity contribution in [3.63, 3.8) is 0 Å². The number of nitrogens with one attached hydrogen (secondary N) is 1. The Bertz CT molecular complexity index is 1110. The van der Waals surface area contributed by atoms with Crippen molar-refractivity contribution >= 4 is 13.7 Å². The van der Waals surface area contributed by atoms with Gasteiger partial charge in [0.2, 0.25) is 5.91 Å².